The summed E-state index contributed by atoms with van der Waals surface area (Å²) in [4.78, 5) is 30.2. The molecule has 2 rings (SSSR count). The van der Waals surface area contributed by atoms with E-state index in [9.17, 15) is 9.59 Å². The number of pyridine rings is 1. The first-order valence-corrected chi connectivity index (χ1v) is 7.80. The van der Waals surface area contributed by atoms with E-state index in [1.54, 1.807) is 17.0 Å². The average Bonchev–Trinajstić information content (AvgIpc) is 2.45. The normalized spacial score (nSPS) is 16.6. The molecule has 5 nitrogen and oxygen atoms in total. The van der Waals surface area contributed by atoms with Gasteiger partial charge in [0.25, 0.3) is 5.91 Å². The lowest BCUT2D eigenvalue weighted by molar-refractivity contribution is 0.0638. The van der Waals surface area contributed by atoms with E-state index in [1.807, 2.05) is 11.8 Å². The van der Waals surface area contributed by atoms with Crippen LogP contribution in [0.1, 0.15) is 10.5 Å². The van der Waals surface area contributed by atoms with Crippen LogP contribution in [0.25, 0.3) is 0 Å². The number of hydrogen-bond acceptors (Lipinski definition) is 4. The maximum absolute atomic E-state index is 12.2. The molecule has 0 radical (unpaired) electrons. The molecule has 19 heavy (non-hydrogen) atoms. The van der Waals surface area contributed by atoms with Crippen LogP contribution < -0.4 is 5.56 Å². The smallest absolute Gasteiger partial charge is 0.270 e. The van der Waals surface area contributed by atoms with Gasteiger partial charge >= 0.3 is 0 Å². The summed E-state index contributed by atoms with van der Waals surface area (Å²) in [5.41, 5.74) is 0.148. The molecule has 2 heterocycles. The van der Waals surface area contributed by atoms with E-state index in [4.69, 9.17) is 0 Å². The van der Waals surface area contributed by atoms with Gasteiger partial charge in [0.2, 0.25) is 5.56 Å². The van der Waals surface area contributed by atoms with Gasteiger partial charge in [-0.15, -0.1) is 0 Å². The number of amides is 1. The number of aromatic nitrogens is 1. The van der Waals surface area contributed by atoms with Crippen LogP contribution in [0, 0.1) is 0 Å². The van der Waals surface area contributed by atoms with Crippen LogP contribution in [0.2, 0.25) is 0 Å². The molecule has 0 aliphatic carbocycles. The van der Waals surface area contributed by atoms with Crippen molar-refractivity contribution in [3.8, 4) is 0 Å². The van der Waals surface area contributed by atoms with Crippen molar-refractivity contribution in [2.75, 3.05) is 44.7 Å². The van der Waals surface area contributed by atoms with Crippen molar-refractivity contribution in [1.82, 2.24) is 14.8 Å². The van der Waals surface area contributed by atoms with Gasteiger partial charge in [-0.25, -0.2) is 0 Å². The lowest BCUT2D eigenvalue weighted by Gasteiger charge is -2.34. The molecule has 1 fully saturated rings. The third-order valence-electron chi connectivity index (χ3n) is 3.27. The molecule has 0 bridgehead atoms. The Morgan fingerprint density at radius 1 is 1.32 bits per heavy atom. The summed E-state index contributed by atoms with van der Waals surface area (Å²) < 4.78 is 0. The van der Waals surface area contributed by atoms with Crippen molar-refractivity contribution in [1.29, 1.82) is 0 Å². The van der Waals surface area contributed by atoms with E-state index in [2.05, 4.69) is 16.1 Å². The van der Waals surface area contributed by atoms with Gasteiger partial charge in [0, 0.05) is 44.5 Å². The van der Waals surface area contributed by atoms with Gasteiger partial charge in [-0.1, -0.05) is 6.07 Å². The van der Waals surface area contributed by atoms with Gasteiger partial charge < -0.3 is 9.88 Å². The molecule has 1 aliphatic heterocycles. The first-order chi connectivity index (χ1) is 9.20. The SMILES string of the molecule is CSCCN1CCN(C(=O)c2cccc(=O)[nH]2)CC1. The van der Waals surface area contributed by atoms with E-state index < -0.39 is 0 Å². The highest BCUT2D eigenvalue weighted by atomic mass is 32.2. The first-order valence-electron chi connectivity index (χ1n) is 6.40. The Labute approximate surface area is 117 Å². The molecule has 0 spiro atoms. The number of hydrogen-bond donors (Lipinski definition) is 1. The molecule has 104 valence electrons. The Kier molecular flexibility index (Phi) is 5.04. The highest BCUT2D eigenvalue weighted by molar-refractivity contribution is 7.98. The maximum Gasteiger partial charge on any atom is 0.270 e. The molecular weight excluding hydrogens is 262 g/mol. The molecule has 1 N–H and O–H groups in total. The fourth-order valence-electron chi connectivity index (χ4n) is 2.14. The molecule has 1 saturated heterocycles. The van der Waals surface area contributed by atoms with Gasteiger partial charge in [0.1, 0.15) is 5.69 Å². The van der Waals surface area contributed by atoms with Gasteiger partial charge in [-0.2, -0.15) is 11.8 Å². The van der Waals surface area contributed by atoms with Gasteiger partial charge in [0.15, 0.2) is 0 Å². The zero-order valence-corrected chi connectivity index (χ0v) is 11.9. The lowest BCUT2D eigenvalue weighted by atomic mass is 10.2. The minimum Gasteiger partial charge on any atom is -0.335 e. The van der Waals surface area contributed by atoms with E-state index in [-0.39, 0.29) is 11.5 Å². The molecule has 0 unspecified atom stereocenters. The van der Waals surface area contributed by atoms with E-state index in [0.29, 0.717) is 5.69 Å². The number of thioether (sulfide) groups is 1. The van der Waals surface area contributed by atoms with Gasteiger partial charge in [-0.3, -0.25) is 14.5 Å². The minimum absolute atomic E-state index is 0.0813. The van der Waals surface area contributed by atoms with Crippen LogP contribution in [0.4, 0.5) is 0 Å². The Hall–Kier alpha value is -1.27. The topological polar surface area (TPSA) is 56.4 Å². The van der Waals surface area contributed by atoms with E-state index >= 15 is 0 Å². The molecule has 0 aromatic carbocycles. The van der Waals surface area contributed by atoms with Crippen LogP contribution in [0.3, 0.4) is 0 Å². The maximum atomic E-state index is 12.2. The summed E-state index contributed by atoms with van der Waals surface area (Å²) in [5, 5.41) is 0. The number of carbonyl (C=O) groups is 1. The summed E-state index contributed by atoms with van der Waals surface area (Å²) in [5.74, 6) is 1.04. The highest BCUT2D eigenvalue weighted by Gasteiger charge is 2.22. The summed E-state index contributed by atoms with van der Waals surface area (Å²) in [6.45, 7) is 4.34. The fraction of sp³-hybridized carbons (Fsp3) is 0.538. The largest absolute Gasteiger partial charge is 0.335 e. The standard InChI is InChI=1S/C13H19N3O2S/c1-19-10-9-15-5-7-16(8-6-15)13(18)11-3-2-4-12(17)14-11/h2-4H,5-10H2,1H3,(H,14,17). The van der Waals surface area contributed by atoms with E-state index in [1.165, 1.54) is 6.07 Å². The number of nitrogens with one attached hydrogen (secondary N) is 1. The number of piperazine rings is 1. The molecule has 0 saturated carbocycles. The second kappa shape index (κ2) is 6.77. The third-order valence-corrected chi connectivity index (χ3v) is 3.86. The summed E-state index contributed by atoms with van der Waals surface area (Å²) in [6.07, 6.45) is 2.10. The van der Waals surface area contributed by atoms with Crippen molar-refractivity contribution in [2.45, 2.75) is 0 Å². The van der Waals surface area contributed by atoms with Gasteiger partial charge in [-0.05, 0) is 12.3 Å². The van der Waals surface area contributed by atoms with Crippen molar-refractivity contribution in [3.05, 3.63) is 34.2 Å². The summed E-state index contributed by atoms with van der Waals surface area (Å²) >= 11 is 1.84. The average molecular weight is 281 g/mol. The predicted octanol–water partition coefficient (Wildman–Crippen LogP) is 0.496. The summed E-state index contributed by atoms with van der Waals surface area (Å²) in [7, 11) is 0. The minimum atomic E-state index is -0.232. The number of nitrogens with zero attached hydrogens (tertiary/aromatic N) is 2. The van der Waals surface area contributed by atoms with Crippen molar-refractivity contribution in [3.63, 3.8) is 0 Å². The molecule has 1 aliphatic rings. The first kappa shape index (κ1) is 14.1. The zero-order chi connectivity index (χ0) is 13.7. The number of aromatic amines is 1. The molecule has 1 aromatic heterocycles. The molecule has 1 amide bonds. The van der Waals surface area contributed by atoms with Crippen LogP contribution in [-0.2, 0) is 0 Å². The quantitative estimate of drug-likeness (QED) is 0.873. The predicted molar refractivity (Wildman–Crippen MR) is 77.8 cm³/mol. The van der Waals surface area contributed by atoms with Crippen molar-refractivity contribution in [2.24, 2.45) is 0 Å². The highest BCUT2D eigenvalue weighted by Crippen LogP contribution is 2.07. The lowest BCUT2D eigenvalue weighted by Crippen LogP contribution is -2.49. The zero-order valence-electron chi connectivity index (χ0n) is 11.1. The molecular formula is C13H19N3O2S. The third kappa shape index (κ3) is 3.84. The van der Waals surface area contributed by atoms with Crippen molar-refractivity contribution >= 4 is 17.7 Å². The Morgan fingerprint density at radius 3 is 2.68 bits per heavy atom. The Bertz CT molecular complexity index is 481. The molecule has 0 atom stereocenters. The second-order valence-electron chi connectivity index (χ2n) is 4.56. The Balaban J connectivity index is 1.91. The molecule has 1 aromatic rings. The summed E-state index contributed by atoms with van der Waals surface area (Å²) in [6, 6.07) is 4.68. The van der Waals surface area contributed by atoms with Crippen molar-refractivity contribution < 1.29 is 4.79 Å². The monoisotopic (exact) mass is 281 g/mol. The van der Waals surface area contributed by atoms with Crippen LogP contribution >= 0.6 is 11.8 Å². The number of rotatable bonds is 4. The van der Waals surface area contributed by atoms with Crippen LogP contribution in [-0.4, -0.2) is 65.4 Å². The van der Waals surface area contributed by atoms with Crippen LogP contribution in [0.5, 0.6) is 0 Å². The van der Waals surface area contributed by atoms with Crippen LogP contribution in [0.15, 0.2) is 23.0 Å². The molecule has 6 heteroatoms. The van der Waals surface area contributed by atoms with Gasteiger partial charge in [0.05, 0.1) is 0 Å². The number of carbonyl (C=O) groups excluding carboxylic acids is 1. The Morgan fingerprint density at radius 2 is 2.05 bits per heavy atom. The number of H-pyrrole nitrogens is 1. The fourth-order valence-corrected chi connectivity index (χ4v) is 2.58. The second-order valence-corrected chi connectivity index (χ2v) is 5.54. The van der Waals surface area contributed by atoms with E-state index in [0.717, 1.165) is 38.5 Å².